The molecular weight excluding hydrogens is 516 g/mol. The van der Waals surface area contributed by atoms with Gasteiger partial charge in [-0.1, -0.05) is 48.5 Å². The Kier molecular flexibility index (Phi) is 5.47. The van der Waals surface area contributed by atoms with Gasteiger partial charge in [-0.15, -0.1) is 0 Å². The molecule has 0 spiro atoms. The summed E-state index contributed by atoms with van der Waals surface area (Å²) >= 11 is 0. The molecular formula is C36H28N6. The van der Waals surface area contributed by atoms with Crippen LogP contribution in [0.5, 0.6) is 0 Å². The molecule has 4 heterocycles. The fraction of sp³-hybridized carbons (Fsp3) is 0.0556. The molecule has 0 saturated heterocycles. The highest BCUT2D eigenvalue weighted by atomic mass is 15.3. The van der Waals surface area contributed by atoms with Crippen molar-refractivity contribution >= 4 is 57.1 Å². The molecule has 8 rings (SSSR count). The van der Waals surface area contributed by atoms with Gasteiger partial charge in [0.05, 0.1) is 45.5 Å². The van der Waals surface area contributed by atoms with Crippen molar-refractivity contribution in [2.45, 2.75) is 0 Å². The zero-order valence-corrected chi connectivity index (χ0v) is 23.4. The zero-order chi connectivity index (χ0) is 28.2. The van der Waals surface area contributed by atoms with Gasteiger partial charge in [0.2, 0.25) is 0 Å². The van der Waals surface area contributed by atoms with Crippen LogP contribution in [0, 0.1) is 0 Å². The lowest BCUT2D eigenvalue weighted by Crippen LogP contribution is -2.24. The van der Waals surface area contributed by atoms with Crippen molar-refractivity contribution in [1.82, 2.24) is 9.97 Å². The third-order valence-electron chi connectivity index (χ3n) is 8.22. The van der Waals surface area contributed by atoms with Crippen molar-refractivity contribution in [2.75, 3.05) is 33.7 Å². The van der Waals surface area contributed by atoms with Crippen molar-refractivity contribution < 1.29 is 0 Å². The van der Waals surface area contributed by atoms with Gasteiger partial charge in [0.1, 0.15) is 11.6 Å². The monoisotopic (exact) mass is 544 g/mol. The number of anilines is 10. The second kappa shape index (κ2) is 9.49. The van der Waals surface area contributed by atoms with Crippen LogP contribution in [0.2, 0.25) is 0 Å². The maximum Gasteiger partial charge on any atom is 0.138 e. The molecule has 6 heteroatoms. The van der Waals surface area contributed by atoms with Gasteiger partial charge in [-0.3, -0.25) is 9.80 Å². The second-order valence-electron chi connectivity index (χ2n) is 10.5. The summed E-state index contributed by atoms with van der Waals surface area (Å²) < 4.78 is 0. The van der Waals surface area contributed by atoms with E-state index >= 15 is 0 Å². The normalized spacial score (nSPS) is 13.3. The largest absolute Gasteiger partial charge is 0.341 e. The Morgan fingerprint density at radius 2 is 0.667 bits per heavy atom. The Morgan fingerprint density at radius 3 is 0.976 bits per heavy atom. The van der Waals surface area contributed by atoms with E-state index in [2.05, 4.69) is 155 Å². The van der Waals surface area contributed by atoms with E-state index in [1.54, 1.807) is 0 Å². The molecule has 0 amide bonds. The van der Waals surface area contributed by atoms with Gasteiger partial charge < -0.3 is 9.80 Å². The number of hydrogen-bond acceptors (Lipinski definition) is 6. The summed E-state index contributed by atoms with van der Waals surface area (Å²) in [7, 11) is 4.23. The standard InChI is InChI=1S/C36H28N6/c1-39-27-11-3-7-15-31(27)41(32-16-8-4-12-28(32)39)35-23-25(19-21-37-35)26-20-22-38-36(24-26)42-33-17-9-5-13-29(33)40(2)30-14-6-10-18-34(30)42/h3-24H,1-2H3. The minimum Gasteiger partial charge on any atom is -0.341 e. The van der Waals surface area contributed by atoms with Gasteiger partial charge in [0.25, 0.3) is 0 Å². The molecule has 0 aliphatic carbocycles. The molecule has 0 fully saturated rings. The van der Waals surface area contributed by atoms with Crippen molar-refractivity contribution in [3.8, 4) is 11.1 Å². The quantitative estimate of drug-likeness (QED) is 0.221. The molecule has 0 saturated carbocycles. The smallest absolute Gasteiger partial charge is 0.138 e. The van der Waals surface area contributed by atoms with Gasteiger partial charge in [0.15, 0.2) is 0 Å². The first kappa shape index (κ1) is 24.2. The number of nitrogens with zero attached hydrogens (tertiary/aromatic N) is 6. The van der Waals surface area contributed by atoms with E-state index in [0.29, 0.717) is 0 Å². The number of para-hydroxylation sites is 8. The minimum absolute atomic E-state index is 0.870. The Hall–Kier alpha value is -5.62. The number of rotatable bonds is 3. The first-order valence-electron chi connectivity index (χ1n) is 14.1. The fourth-order valence-electron chi connectivity index (χ4n) is 6.20. The average molecular weight is 545 g/mol. The maximum absolute atomic E-state index is 4.87. The van der Waals surface area contributed by atoms with E-state index in [0.717, 1.165) is 68.3 Å². The van der Waals surface area contributed by atoms with E-state index in [1.165, 1.54) is 0 Å². The lowest BCUT2D eigenvalue weighted by atomic mass is 10.0. The first-order chi connectivity index (χ1) is 20.7. The molecule has 6 nitrogen and oxygen atoms in total. The number of benzene rings is 4. The highest BCUT2D eigenvalue weighted by molar-refractivity contribution is 5.98. The van der Waals surface area contributed by atoms with Crippen LogP contribution >= 0.6 is 0 Å². The third-order valence-corrected chi connectivity index (χ3v) is 8.22. The van der Waals surface area contributed by atoms with Crippen LogP contribution in [0.1, 0.15) is 0 Å². The first-order valence-corrected chi connectivity index (χ1v) is 14.1. The van der Waals surface area contributed by atoms with Crippen LogP contribution < -0.4 is 19.6 Å². The highest BCUT2D eigenvalue weighted by Gasteiger charge is 2.29. The van der Waals surface area contributed by atoms with Crippen LogP contribution in [-0.4, -0.2) is 24.1 Å². The average Bonchev–Trinajstić information content (AvgIpc) is 3.05. The zero-order valence-electron chi connectivity index (χ0n) is 23.4. The number of fused-ring (bicyclic) bond motifs is 4. The van der Waals surface area contributed by atoms with Crippen molar-refractivity contribution in [3.63, 3.8) is 0 Å². The molecule has 0 bridgehead atoms. The molecule has 2 aromatic heterocycles. The fourth-order valence-corrected chi connectivity index (χ4v) is 6.20. The Bertz CT molecular complexity index is 1730. The molecule has 4 aromatic carbocycles. The summed E-state index contributed by atoms with van der Waals surface area (Å²) in [6, 6.07) is 42.4. The van der Waals surface area contributed by atoms with Gasteiger partial charge in [-0.25, -0.2) is 9.97 Å². The summed E-state index contributed by atoms with van der Waals surface area (Å²) in [6.45, 7) is 0. The van der Waals surface area contributed by atoms with Crippen LogP contribution in [0.25, 0.3) is 11.1 Å². The van der Waals surface area contributed by atoms with Crippen LogP contribution in [0.3, 0.4) is 0 Å². The molecule has 0 N–H and O–H groups in total. The predicted octanol–water partition coefficient (Wildman–Crippen LogP) is 9.25. The molecule has 202 valence electrons. The molecule has 2 aliphatic heterocycles. The van der Waals surface area contributed by atoms with Gasteiger partial charge >= 0.3 is 0 Å². The van der Waals surface area contributed by atoms with Crippen molar-refractivity contribution in [1.29, 1.82) is 0 Å². The number of pyridine rings is 2. The summed E-state index contributed by atoms with van der Waals surface area (Å²) in [4.78, 5) is 18.7. The van der Waals surface area contributed by atoms with Crippen LogP contribution in [-0.2, 0) is 0 Å². The van der Waals surface area contributed by atoms with Crippen molar-refractivity contribution in [2.24, 2.45) is 0 Å². The Morgan fingerprint density at radius 1 is 0.381 bits per heavy atom. The molecule has 2 aliphatic rings. The van der Waals surface area contributed by atoms with E-state index in [9.17, 15) is 0 Å². The predicted molar refractivity (Wildman–Crippen MR) is 173 cm³/mol. The molecule has 0 unspecified atom stereocenters. The lowest BCUT2D eigenvalue weighted by molar-refractivity contribution is 1.10. The van der Waals surface area contributed by atoms with E-state index < -0.39 is 0 Å². The maximum atomic E-state index is 4.87. The lowest BCUT2D eigenvalue weighted by Gasteiger charge is -2.38. The molecule has 0 atom stereocenters. The van der Waals surface area contributed by atoms with Gasteiger partial charge in [-0.2, -0.15) is 0 Å². The Labute approximate surface area is 245 Å². The van der Waals surface area contributed by atoms with E-state index in [-0.39, 0.29) is 0 Å². The number of aromatic nitrogens is 2. The van der Waals surface area contributed by atoms with Crippen LogP contribution in [0.15, 0.2) is 134 Å². The molecule has 6 aromatic rings. The van der Waals surface area contributed by atoms with Crippen LogP contribution in [0.4, 0.5) is 57.1 Å². The summed E-state index contributed by atoms with van der Waals surface area (Å²) in [5.74, 6) is 1.74. The van der Waals surface area contributed by atoms with Crippen molar-refractivity contribution in [3.05, 3.63) is 134 Å². The van der Waals surface area contributed by atoms with Gasteiger partial charge in [-0.05, 0) is 83.9 Å². The van der Waals surface area contributed by atoms with Gasteiger partial charge in [0, 0.05) is 26.5 Å². The summed E-state index contributed by atoms with van der Waals surface area (Å²) in [5.41, 5.74) is 11.1. The number of hydrogen-bond donors (Lipinski definition) is 0. The molecule has 42 heavy (non-hydrogen) atoms. The summed E-state index contributed by atoms with van der Waals surface area (Å²) in [5, 5.41) is 0. The third kappa shape index (κ3) is 3.65. The van der Waals surface area contributed by atoms with E-state index in [1.807, 2.05) is 12.4 Å². The second-order valence-corrected chi connectivity index (χ2v) is 10.5. The summed E-state index contributed by atoms with van der Waals surface area (Å²) in [6.07, 6.45) is 3.80. The Balaban J connectivity index is 1.24. The highest BCUT2D eigenvalue weighted by Crippen LogP contribution is 2.52. The molecule has 0 radical (unpaired) electrons. The minimum atomic E-state index is 0.870. The van der Waals surface area contributed by atoms with E-state index in [4.69, 9.17) is 9.97 Å². The SMILES string of the molecule is CN1c2ccccc2N(c2cc(-c3ccnc(N4c5ccccc5N(C)c5ccccc54)c3)ccn2)c2ccccc21. The topological polar surface area (TPSA) is 38.7 Å².